The Hall–Kier alpha value is -0.540. The maximum atomic E-state index is 11.6. The van der Waals surface area contributed by atoms with Crippen LogP contribution in [-0.2, 0) is 14.2 Å². The standard InChI is InChI=1S/C8H12F6O3/c9-7(10,11)5-16-3-1-15-2-4-17-6-8(12,13)14/h1-6H2. The van der Waals surface area contributed by atoms with Gasteiger partial charge in [0.25, 0.3) is 0 Å². The average molecular weight is 270 g/mol. The van der Waals surface area contributed by atoms with Crippen LogP contribution in [0.3, 0.4) is 0 Å². The van der Waals surface area contributed by atoms with E-state index in [1.54, 1.807) is 0 Å². The third kappa shape index (κ3) is 15.5. The van der Waals surface area contributed by atoms with E-state index in [-0.39, 0.29) is 26.4 Å². The minimum absolute atomic E-state index is 0.133. The van der Waals surface area contributed by atoms with Gasteiger partial charge in [-0.3, -0.25) is 0 Å². The number of ether oxygens (including phenoxy) is 3. The lowest BCUT2D eigenvalue weighted by molar-refractivity contribution is -0.180. The van der Waals surface area contributed by atoms with Crippen molar-refractivity contribution in [3.8, 4) is 0 Å². The minimum atomic E-state index is -4.39. The van der Waals surface area contributed by atoms with Crippen molar-refractivity contribution in [2.45, 2.75) is 12.4 Å². The summed E-state index contributed by atoms with van der Waals surface area (Å²) in [4.78, 5) is 0. The summed E-state index contributed by atoms with van der Waals surface area (Å²) < 4.78 is 82.4. The zero-order valence-corrected chi connectivity index (χ0v) is 8.74. The van der Waals surface area contributed by atoms with Crippen LogP contribution in [-0.4, -0.2) is 52.0 Å². The van der Waals surface area contributed by atoms with Gasteiger partial charge in [-0.15, -0.1) is 0 Å². The molecule has 0 N–H and O–H groups in total. The average Bonchev–Trinajstić information content (AvgIpc) is 2.11. The highest BCUT2D eigenvalue weighted by Gasteiger charge is 2.27. The van der Waals surface area contributed by atoms with Gasteiger partial charge >= 0.3 is 12.4 Å². The van der Waals surface area contributed by atoms with Crippen molar-refractivity contribution >= 4 is 0 Å². The summed E-state index contributed by atoms with van der Waals surface area (Å²) in [6.45, 7) is -3.57. The van der Waals surface area contributed by atoms with E-state index in [1.165, 1.54) is 0 Å². The van der Waals surface area contributed by atoms with Crippen molar-refractivity contribution in [3.05, 3.63) is 0 Å². The number of alkyl halides is 6. The van der Waals surface area contributed by atoms with Crippen molar-refractivity contribution in [3.63, 3.8) is 0 Å². The maximum absolute atomic E-state index is 11.6. The Labute approximate surface area is 93.6 Å². The lowest BCUT2D eigenvalue weighted by atomic mass is 10.6. The first kappa shape index (κ1) is 16.5. The first-order chi connectivity index (χ1) is 7.71. The molecular formula is C8H12F6O3. The number of halogens is 6. The van der Waals surface area contributed by atoms with E-state index in [4.69, 9.17) is 0 Å². The maximum Gasteiger partial charge on any atom is 0.411 e. The quantitative estimate of drug-likeness (QED) is 0.499. The Balaban J connectivity index is 3.15. The molecule has 0 spiro atoms. The van der Waals surface area contributed by atoms with Crippen LogP contribution >= 0.6 is 0 Å². The van der Waals surface area contributed by atoms with Crippen molar-refractivity contribution in [2.75, 3.05) is 39.6 Å². The second-order valence-electron chi connectivity index (χ2n) is 2.95. The molecule has 0 unspecified atom stereocenters. The molecule has 0 fully saturated rings. The smallest absolute Gasteiger partial charge is 0.377 e. The topological polar surface area (TPSA) is 27.7 Å². The molecule has 0 aliphatic carbocycles. The summed E-state index contributed by atoms with van der Waals surface area (Å²) in [6, 6.07) is 0. The molecule has 0 atom stereocenters. The van der Waals surface area contributed by atoms with Gasteiger partial charge < -0.3 is 14.2 Å². The highest BCUT2D eigenvalue weighted by Crippen LogP contribution is 2.14. The number of rotatable bonds is 8. The highest BCUT2D eigenvalue weighted by atomic mass is 19.4. The Morgan fingerprint density at radius 2 is 0.824 bits per heavy atom. The van der Waals surface area contributed by atoms with Gasteiger partial charge in [-0.2, -0.15) is 26.3 Å². The lowest BCUT2D eigenvalue weighted by Gasteiger charge is -2.09. The molecule has 3 nitrogen and oxygen atoms in total. The molecule has 0 saturated heterocycles. The molecule has 0 heterocycles. The van der Waals surface area contributed by atoms with E-state index in [0.29, 0.717) is 0 Å². The normalized spacial score (nSPS) is 13.1. The zero-order valence-electron chi connectivity index (χ0n) is 8.74. The molecule has 0 aliphatic heterocycles. The van der Waals surface area contributed by atoms with Crippen LogP contribution in [0.5, 0.6) is 0 Å². The van der Waals surface area contributed by atoms with Crippen LogP contribution in [0.1, 0.15) is 0 Å². The first-order valence-electron chi connectivity index (χ1n) is 4.57. The van der Waals surface area contributed by atoms with E-state index in [9.17, 15) is 26.3 Å². The minimum Gasteiger partial charge on any atom is -0.377 e. The van der Waals surface area contributed by atoms with Crippen molar-refractivity contribution in [2.24, 2.45) is 0 Å². The van der Waals surface area contributed by atoms with E-state index in [2.05, 4.69) is 14.2 Å². The lowest BCUT2D eigenvalue weighted by Crippen LogP contribution is -2.20. The van der Waals surface area contributed by atoms with Crippen LogP contribution in [0.4, 0.5) is 26.3 Å². The number of hydrogen-bond acceptors (Lipinski definition) is 3. The fourth-order valence-electron chi connectivity index (χ4n) is 0.714. The van der Waals surface area contributed by atoms with Gasteiger partial charge in [0.15, 0.2) is 0 Å². The van der Waals surface area contributed by atoms with Gasteiger partial charge in [-0.05, 0) is 0 Å². The van der Waals surface area contributed by atoms with Crippen molar-refractivity contribution in [1.29, 1.82) is 0 Å². The molecule has 0 aromatic heterocycles. The summed E-state index contributed by atoms with van der Waals surface area (Å²) in [5.41, 5.74) is 0. The molecule has 0 aromatic carbocycles. The predicted octanol–water partition coefficient (Wildman–Crippen LogP) is 2.16. The molecule has 0 saturated carbocycles. The summed E-state index contributed by atoms with van der Waals surface area (Å²) in [5, 5.41) is 0. The van der Waals surface area contributed by atoms with Gasteiger partial charge in [0.05, 0.1) is 26.4 Å². The molecular weight excluding hydrogens is 258 g/mol. The predicted molar refractivity (Wildman–Crippen MR) is 44.6 cm³/mol. The summed E-state index contributed by atoms with van der Waals surface area (Å²) in [6.07, 6.45) is -8.79. The SMILES string of the molecule is FC(F)(F)COCCOCCOCC(F)(F)F. The number of hydrogen-bond donors (Lipinski definition) is 0. The van der Waals surface area contributed by atoms with Crippen LogP contribution in [0.2, 0.25) is 0 Å². The monoisotopic (exact) mass is 270 g/mol. The Morgan fingerprint density at radius 3 is 1.12 bits per heavy atom. The second-order valence-corrected chi connectivity index (χ2v) is 2.95. The molecule has 0 bridgehead atoms. The molecule has 0 aromatic rings. The van der Waals surface area contributed by atoms with Crippen molar-refractivity contribution < 1.29 is 40.6 Å². The largest absolute Gasteiger partial charge is 0.411 e. The molecule has 0 radical (unpaired) electrons. The molecule has 0 rings (SSSR count). The molecule has 104 valence electrons. The van der Waals surface area contributed by atoms with Gasteiger partial charge in [0.2, 0.25) is 0 Å². The van der Waals surface area contributed by atoms with Crippen molar-refractivity contribution in [1.82, 2.24) is 0 Å². The van der Waals surface area contributed by atoms with E-state index < -0.39 is 25.6 Å². The Kier molecular flexibility index (Phi) is 7.48. The van der Waals surface area contributed by atoms with Gasteiger partial charge in [0.1, 0.15) is 13.2 Å². The molecule has 0 amide bonds. The zero-order chi connectivity index (χ0) is 13.4. The highest BCUT2D eigenvalue weighted by molar-refractivity contribution is 4.46. The van der Waals surface area contributed by atoms with Crippen LogP contribution < -0.4 is 0 Å². The second kappa shape index (κ2) is 7.72. The van der Waals surface area contributed by atoms with Crippen LogP contribution in [0.15, 0.2) is 0 Å². The molecule has 9 heteroatoms. The fourth-order valence-corrected chi connectivity index (χ4v) is 0.714. The van der Waals surface area contributed by atoms with Gasteiger partial charge in [-0.25, -0.2) is 0 Å². The third-order valence-corrected chi connectivity index (χ3v) is 1.28. The summed E-state index contributed by atoms with van der Waals surface area (Å²) in [7, 11) is 0. The van der Waals surface area contributed by atoms with E-state index in [1.807, 2.05) is 0 Å². The van der Waals surface area contributed by atoms with E-state index >= 15 is 0 Å². The van der Waals surface area contributed by atoms with Gasteiger partial charge in [0, 0.05) is 0 Å². The van der Waals surface area contributed by atoms with E-state index in [0.717, 1.165) is 0 Å². The fraction of sp³-hybridized carbons (Fsp3) is 1.00. The molecule has 17 heavy (non-hydrogen) atoms. The molecule has 0 aliphatic rings. The van der Waals surface area contributed by atoms with Gasteiger partial charge in [-0.1, -0.05) is 0 Å². The third-order valence-electron chi connectivity index (χ3n) is 1.28. The summed E-state index contributed by atoms with van der Waals surface area (Å²) >= 11 is 0. The first-order valence-corrected chi connectivity index (χ1v) is 4.57. The van der Waals surface area contributed by atoms with Crippen LogP contribution in [0, 0.1) is 0 Å². The Morgan fingerprint density at radius 1 is 0.529 bits per heavy atom. The van der Waals surface area contributed by atoms with Crippen LogP contribution in [0.25, 0.3) is 0 Å². The Bertz CT molecular complexity index is 171. The summed E-state index contributed by atoms with van der Waals surface area (Å²) in [5.74, 6) is 0.